The third-order valence-electron chi connectivity index (χ3n) is 4.27. The van der Waals surface area contributed by atoms with Gasteiger partial charge in [0.15, 0.2) is 5.96 Å². The Morgan fingerprint density at radius 1 is 1.16 bits per heavy atom. The van der Waals surface area contributed by atoms with Crippen LogP contribution in [0.4, 0.5) is 0 Å². The minimum absolute atomic E-state index is 0.0523. The van der Waals surface area contributed by atoms with E-state index in [0.29, 0.717) is 19.6 Å². The molecule has 1 aliphatic rings. The van der Waals surface area contributed by atoms with Gasteiger partial charge in [0.1, 0.15) is 0 Å². The van der Waals surface area contributed by atoms with Gasteiger partial charge in [0.05, 0.1) is 6.54 Å². The molecule has 0 saturated heterocycles. The van der Waals surface area contributed by atoms with Gasteiger partial charge >= 0.3 is 0 Å². The molecule has 0 heterocycles. The first kappa shape index (κ1) is 19.8. The molecule has 0 bridgehead atoms. The van der Waals surface area contributed by atoms with Crippen molar-refractivity contribution in [2.75, 3.05) is 26.2 Å². The molecule has 1 saturated carbocycles. The van der Waals surface area contributed by atoms with Crippen molar-refractivity contribution in [2.45, 2.75) is 39.0 Å². The minimum Gasteiger partial charge on any atom is -0.357 e. The van der Waals surface area contributed by atoms with Gasteiger partial charge in [-0.1, -0.05) is 41.9 Å². The minimum atomic E-state index is -0.0523. The molecule has 1 aromatic carbocycles. The fourth-order valence-corrected chi connectivity index (χ4v) is 2.73. The molecular weight excluding hydrogens is 380 g/mol. The van der Waals surface area contributed by atoms with Crippen molar-refractivity contribution in [3.8, 4) is 0 Å². The molecule has 1 fully saturated rings. The number of guanidine groups is 1. The van der Waals surface area contributed by atoms with Gasteiger partial charge in [0, 0.05) is 35.4 Å². The van der Waals surface area contributed by atoms with E-state index in [4.69, 9.17) is 4.99 Å². The number of hydrogen-bond acceptors (Lipinski definition) is 2. The normalized spacial score (nSPS) is 15.0. The van der Waals surface area contributed by atoms with Crippen molar-refractivity contribution >= 4 is 27.8 Å². The van der Waals surface area contributed by atoms with E-state index in [1.807, 2.05) is 6.92 Å². The molecule has 3 N–H and O–H groups in total. The summed E-state index contributed by atoms with van der Waals surface area (Å²) in [6.07, 6.45) is 2.07. The zero-order chi connectivity index (χ0) is 18.3. The summed E-state index contributed by atoms with van der Waals surface area (Å²) in [5.74, 6) is 1.22. The van der Waals surface area contributed by atoms with Gasteiger partial charge in [-0.2, -0.15) is 0 Å². The van der Waals surface area contributed by atoms with E-state index in [0.717, 1.165) is 29.8 Å². The highest BCUT2D eigenvalue weighted by Crippen LogP contribution is 2.28. The molecule has 0 aromatic heterocycles. The zero-order valence-electron chi connectivity index (χ0n) is 15.4. The second-order valence-corrected chi connectivity index (χ2v) is 7.99. The van der Waals surface area contributed by atoms with Gasteiger partial charge in [-0.05, 0) is 37.5 Å². The number of carbonyl (C=O) groups excluding carboxylic acids is 1. The second kappa shape index (κ2) is 9.22. The molecule has 0 unspecified atom stereocenters. The molecule has 0 spiro atoms. The number of nitrogens with one attached hydrogen (secondary N) is 3. The third kappa shape index (κ3) is 6.69. The predicted molar refractivity (Wildman–Crippen MR) is 107 cm³/mol. The summed E-state index contributed by atoms with van der Waals surface area (Å²) in [6.45, 7) is 9.21. The first-order valence-corrected chi connectivity index (χ1v) is 9.77. The van der Waals surface area contributed by atoms with E-state index >= 15 is 0 Å². The maximum atomic E-state index is 11.6. The van der Waals surface area contributed by atoms with Crippen molar-refractivity contribution < 1.29 is 4.79 Å². The number of carbonyl (C=O) groups is 1. The average Bonchev–Trinajstić information content (AvgIpc) is 3.41. The topological polar surface area (TPSA) is 65.5 Å². The summed E-state index contributed by atoms with van der Waals surface area (Å²) in [6, 6.07) is 8.39. The van der Waals surface area contributed by atoms with Crippen LogP contribution in [0.1, 0.15) is 39.2 Å². The summed E-state index contributed by atoms with van der Waals surface area (Å²) >= 11 is 3.48. The molecule has 138 valence electrons. The van der Waals surface area contributed by atoms with E-state index in [9.17, 15) is 4.79 Å². The lowest BCUT2D eigenvalue weighted by Crippen LogP contribution is -2.42. The van der Waals surface area contributed by atoms with Gasteiger partial charge in [0.2, 0.25) is 5.91 Å². The van der Waals surface area contributed by atoms with Crippen molar-refractivity contribution in [1.82, 2.24) is 16.0 Å². The van der Waals surface area contributed by atoms with E-state index in [1.54, 1.807) is 0 Å². The van der Waals surface area contributed by atoms with E-state index < -0.39 is 0 Å². The Labute approximate surface area is 159 Å². The smallest absolute Gasteiger partial charge is 0.223 e. The predicted octanol–water partition coefficient (Wildman–Crippen LogP) is 2.81. The van der Waals surface area contributed by atoms with Crippen LogP contribution in [0, 0.1) is 5.92 Å². The Hall–Kier alpha value is -1.56. The molecule has 0 radical (unpaired) electrons. The van der Waals surface area contributed by atoms with Crippen LogP contribution in [0.3, 0.4) is 0 Å². The van der Waals surface area contributed by atoms with Crippen LogP contribution in [0.5, 0.6) is 0 Å². The highest BCUT2D eigenvalue weighted by molar-refractivity contribution is 9.10. The Kier molecular flexibility index (Phi) is 7.29. The Morgan fingerprint density at radius 2 is 1.80 bits per heavy atom. The lowest BCUT2D eigenvalue weighted by molar-refractivity contribution is -0.122. The molecule has 6 heteroatoms. The number of benzene rings is 1. The maximum Gasteiger partial charge on any atom is 0.223 e. The number of rotatable bonds is 8. The van der Waals surface area contributed by atoms with Gasteiger partial charge < -0.3 is 16.0 Å². The van der Waals surface area contributed by atoms with Crippen LogP contribution in [0.15, 0.2) is 33.7 Å². The van der Waals surface area contributed by atoms with Gasteiger partial charge in [0.25, 0.3) is 0 Å². The fourth-order valence-electron chi connectivity index (χ4n) is 2.47. The first-order chi connectivity index (χ1) is 11.9. The quantitative estimate of drug-likeness (QED) is 0.352. The van der Waals surface area contributed by atoms with Crippen molar-refractivity contribution in [3.05, 3.63) is 34.3 Å². The van der Waals surface area contributed by atoms with Gasteiger partial charge in [-0.25, -0.2) is 0 Å². The summed E-state index contributed by atoms with van der Waals surface area (Å²) < 4.78 is 1.08. The molecule has 1 amide bonds. The molecule has 0 aliphatic heterocycles. The summed E-state index contributed by atoms with van der Waals surface area (Å²) in [5, 5.41) is 9.50. The SMILES string of the molecule is CCNC(=NCC(C)(C)c1ccc(Br)cc1)NCCNC(=O)C1CC1. The molecule has 1 aliphatic carbocycles. The fraction of sp³-hybridized carbons (Fsp3) is 0.579. The van der Waals surface area contributed by atoms with Crippen LogP contribution in [-0.2, 0) is 10.2 Å². The van der Waals surface area contributed by atoms with E-state index in [-0.39, 0.29) is 17.2 Å². The van der Waals surface area contributed by atoms with Crippen LogP contribution >= 0.6 is 15.9 Å². The largest absolute Gasteiger partial charge is 0.357 e. The highest BCUT2D eigenvalue weighted by atomic mass is 79.9. The first-order valence-electron chi connectivity index (χ1n) is 8.98. The molecular formula is C19H29BrN4O. The number of hydrogen-bond donors (Lipinski definition) is 3. The second-order valence-electron chi connectivity index (χ2n) is 7.08. The number of halogens is 1. The lowest BCUT2D eigenvalue weighted by Gasteiger charge is -2.24. The Balaban J connectivity index is 1.84. The Morgan fingerprint density at radius 3 is 2.40 bits per heavy atom. The highest BCUT2D eigenvalue weighted by Gasteiger charge is 2.29. The monoisotopic (exact) mass is 408 g/mol. The maximum absolute atomic E-state index is 11.6. The zero-order valence-corrected chi connectivity index (χ0v) is 16.9. The standard InChI is InChI=1S/C19H29BrN4O/c1-4-21-18(23-12-11-22-17(25)14-5-6-14)24-13-19(2,3)15-7-9-16(20)10-8-15/h7-10,14H,4-6,11-13H2,1-3H3,(H,22,25)(H2,21,23,24). The van der Waals surface area contributed by atoms with Crippen LogP contribution in [-0.4, -0.2) is 38.0 Å². The lowest BCUT2D eigenvalue weighted by atomic mass is 9.85. The molecule has 25 heavy (non-hydrogen) atoms. The molecule has 1 aromatic rings. The van der Waals surface area contributed by atoms with E-state index in [2.05, 4.69) is 70.0 Å². The molecule has 0 atom stereocenters. The van der Waals surface area contributed by atoms with Crippen LogP contribution in [0.2, 0.25) is 0 Å². The van der Waals surface area contributed by atoms with Crippen LogP contribution in [0.25, 0.3) is 0 Å². The number of aliphatic imine (C=N–C) groups is 1. The number of amides is 1. The van der Waals surface area contributed by atoms with Crippen molar-refractivity contribution in [1.29, 1.82) is 0 Å². The third-order valence-corrected chi connectivity index (χ3v) is 4.80. The summed E-state index contributed by atoms with van der Waals surface area (Å²) in [4.78, 5) is 16.3. The summed E-state index contributed by atoms with van der Waals surface area (Å²) in [5.41, 5.74) is 1.20. The number of nitrogens with zero attached hydrogens (tertiary/aromatic N) is 1. The average molecular weight is 409 g/mol. The van der Waals surface area contributed by atoms with Gasteiger partial charge in [-0.15, -0.1) is 0 Å². The van der Waals surface area contributed by atoms with E-state index in [1.165, 1.54) is 5.56 Å². The van der Waals surface area contributed by atoms with Crippen molar-refractivity contribution in [3.63, 3.8) is 0 Å². The Bertz CT molecular complexity index is 594. The van der Waals surface area contributed by atoms with Gasteiger partial charge in [-0.3, -0.25) is 9.79 Å². The molecule has 5 nitrogen and oxygen atoms in total. The summed E-state index contributed by atoms with van der Waals surface area (Å²) in [7, 11) is 0. The van der Waals surface area contributed by atoms with Crippen LogP contribution < -0.4 is 16.0 Å². The van der Waals surface area contributed by atoms with Crippen molar-refractivity contribution in [2.24, 2.45) is 10.9 Å². The molecule has 2 rings (SSSR count).